The molecule has 0 aliphatic rings. The Morgan fingerprint density at radius 1 is 0.704 bits per heavy atom. The molecule has 8 nitrogen and oxygen atoms in total. The van der Waals surface area contributed by atoms with Crippen molar-refractivity contribution in [2.45, 2.75) is 0 Å². The number of phenols is 2. The number of carboxylic acids is 1. The maximum atomic E-state index is 10.4. The normalized spacial score (nSPS) is 9.93. The maximum absolute atomic E-state index is 10.4. The zero-order chi connectivity index (χ0) is 20.1. The van der Waals surface area contributed by atoms with Crippen LogP contribution in [0.1, 0.15) is 10.4 Å². The van der Waals surface area contributed by atoms with Crippen LogP contribution in [0.25, 0.3) is 11.1 Å². The molecule has 0 bridgehead atoms. The summed E-state index contributed by atoms with van der Waals surface area (Å²) in [5, 5.41) is 27.5. The first kappa shape index (κ1) is 19.3. The van der Waals surface area contributed by atoms with Gasteiger partial charge in [0.05, 0.1) is 28.3 Å². The molecule has 0 spiro atoms. The van der Waals surface area contributed by atoms with Gasteiger partial charge in [0, 0.05) is 0 Å². The van der Waals surface area contributed by atoms with Crippen molar-refractivity contribution in [1.29, 1.82) is 0 Å². The lowest BCUT2D eigenvalue weighted by molar-refractivity contribution is 0.0698. The summed E-state index contributed by atoms with van der Waals surface area (Å²) in [5.74, 6) is -1.02. The number of carbonyl (C=O) groups is 1. The summed E-state index contributed by atoms with van der Waals surface area (Å²) in [5.41, 5.74) is 24.4. The van der Waals surface area contributed by atoms with Crippen molar-refractivity contribution < 1.29 is 20.1 Å². The van der Waals surface area contributed by atoms with Gasteiger partial charge in [-0.1, -0.05) is 18.2 Å². The summed E-state index contributed by atoms with van der Waals surface area (Å²) in [6, 6.07) is 14.3. The molecule has 0 heterocycles. The minimum atomic E-state index is -1.06. The van der Waals surface area contributed by atoms with E-state index in [1.165, 1.54) is 6.07 Å². The molecule has 0 aromatic heterocycles. The van der Waals surface area contributed by atoms with E-state index in [1.807, 2.05) is 0 Å². The van der Waals surface area contributed by atoms with Crippen LogP contribution in [0.4, 0.5) is 22.7 Å². The number of carboxylic acid groups (broad SMARTS) is 1. The second-order valence-corrected chi connectivity index (χ2v) is 5.66. The Kier molecular flexibility index (Phi) is 5.62. The second-order valence-electron chi connectivity index (χ2n) is 5.66. The minimum absolute atomic E-state index is 0.0221. The summed E-state index contributed by atoms with van der Waals surface area (Å²) >= 11 is 0. The number of para-hydroxylation sites is 1. The maximum Gasteiger partial charge on any atom is 0.337 e. The Morgan fingerprint density at radius 2 is 1.19 bits per heavy atom. The van der Waals surface area contributed by atoms with E-state index in [0.29, 0.717) is 17.1 Å². The molecule has 3 aromatic carbocycles. The molecule has 27 heavy (non-hydrogen) atoms. The number of benzene rings is 3. The number of hydrogen-bond acceptors (Lipinski definition) is 7. The van der Waals surface area contributed by atoms with E-state index in [4.69, 9.17) is 28.0 Å². The van der Waals surface area contributed by atoms with Gasteiger partial charge in [-0.25, -0.2) is 4.79 Å². The lowest BCUT2D eigenvalue weighted by Crippen LogP contribution is -2.04. The monoisotopic (exact) mass is 368 g/mol. The molecule has 0 saturated heterocycles. The summed E-state index contributed by atoms with van der Waals surface area (Å²) in [4.78, 5) is 10.4. The fourth-order valence-corrected chi connectivity index (χ4v) is 2.22. The largest absolute Gasteiger partial charge is 0.506 e. The molecule has 3 rings (SSSR count). The van der Waals surface area contributed by atoms with Crippen molar-refractivity contribution in [2.24, 2.45) is 0 Å². The Labute approximate surface area is 155 Å². The number of hydrogen-bond donors (Lipinski definition) is 7. The minimum Gasteiger partial charge on any atom is -0.506 e. The molecule has 0 amide bonds. The van der Waals surface area contributed by atoms with Crippen molar-refractivity contribution in [3.05, 3.63) is 60.2 Å². The van der Waals surface area contributed by atoms with Crippen LogP contribution in [-0.4, -0.2) is 21.3 Å². The lowest BCUT2D eigenvalue weighted by Gasteiger charge is -2.06. The Hall–Kier alpha value is -4.07. The van der Waals surface area contributed by atoms with Gasteiger partial charge in [0.1, 0.15) is 11.5 Å². The van der Waals surface area contributed by atoms with Gasteiger partial charge in [-0.05, 0) is 47.5 Å². The first-order valence-electron chi connectivity index (χ1n) is 7.75. The van der Waals surface area contributed by atoms with Crippen LogP contribution in [0, 0.1) is 0 Å². The lowest BCUT2D eigenvalue weighted by atomic mass is 10.0. The van der Waals surface area contributed by atoms with Gasteiger partial charge in [0.2, 0.25) is 0 Å². The highest BCUT2D eigenvalue weighted by molar-refractivity contribution is 5.96. The third-order valence-electron chi connectivity index (χ3n) is 3.76. The Bertz CT molecular complexity index is 940. The highest BCUT2D eigenvalue weighted by Crippen LogP contribution is 2.31. The molecule has 0 aliphatic heterocycles. The van der Waals surface area contributed by atoms with Crippen LogP contribution >= 0.6 is 0 Å². The Morgan fingerprint density at radius 3 is 1.56 bits per heavy atom. The SMILES string of the molecule is Nc1ccc(-c2ccc(N)c(O)c2)cc1O.Nc1cccc(C(=O)O)c1N. The average molecular weight is 368 g/mol. The summed E-state index contributed by atoms with van der Waals surface area (Å²) in [6.07, 6.45) is 0. The molecular weight excluding hydrogens is 348 g/mol. The van der Waals surface area contributed by atoms with Gasteiger partial charge >= 0.3 is 5.97 Å². The van der Waals surface area contributed by atoms with Gasteiger partial charge < -0.3 is 38.3 Å². The van der Waals surface area contributed by atoms with Gasteiger partial charge in [-0.2, -0.15) is 0 Å². The molecule has 0 atom stereocenters. The van der Waals surface area contributed by atoms with Gasteiger partial charge in [-0.15, -0.1) is 0 Å². The fraction of sp³-hybridized carbons (Fsp3) is 0. The second kappa shape index (κ2) is 7.87. The van der Waals surface area contributed by atoms with Gasteiger partial charge in [0.25, 0.3) is 0 Å². The van der Waals surface area contributed by atoms with Crippen molar-refractivity contribution in [2.75, 3.05) is 22.9 Å². The van der Waals surface area contributed by atoms with Crippen molar-refractivity contribution in [3.63, 3.8) is 0 Å². The van der Waals surface area contributed by atoms with Gasteiger partial charge in [0.15, 0.2) is 0 Å². The van der Waals surface area contributed by atoms with Crippen LogP contribution < -0.4 is 22.9 Å². The van der Waals surface area contributed by atoms with E-state index >= 15 is 0 Å². The number of anilines is 4. The smallest absolute Gasteiger partial charge is 0.337 e. The van der Waals surface area contributed by atoms with Crippen molar-refractivity contribution >= 4 is 28.7 Å². The van der Waals surface area contributed by atoms with E-state index < -0.39 is 5.97 Å². The van der Waals surface area contributed by atoms with Crippen LogP contribution in [0.3, 0.4) is 0 Å². The van der Waals surface area contributed by atoms with E-state index in [0.717, 1.165) is 11.1 Å². The fourth-order valence-electron chi connectivity index (χ4n) is 2.22. The molecule has 0 radical (unpaired) electrons. The first-order valence-corrected chi connectivity index (χ1v) is 7.75. The third kappa shape index (κ3) is 4.51. The number of nitrogen functional groups attached to an aromatic ring is 4. The van der Waals surface area contributed by atoms with Crippen molar-refractivity contribution in [3.8, 4) is 22.6 Å². The molecule has 0 saturated carbocycles. The molecular formula is C19H20N4O4. The Balaban J connectivity index is 0.000000208. The standard InChI is InChI=1S/C12H12N2O2.C7H8N2O2/c13-9-3-1-7(5-11(9)15)8-2-4-10(14)12(16)6-8;8-5-3-1-2-4(6(5)9)7(10)11/h1-6,15-16H,13-14H2;1-3H,8-9H2,(H,10,11). The first-order chi connectivity index (χ1) is 12.7. The molecule has 3 aromatic rings. The molecule has 0 aliphatic carbocycles. The predicted molar refractivity (Wildman–Crippen MR) is 106 cm³/mol. The molecule has 140 valence electrons. The van der Waals surface area contributed by atoms with Crippen LogP contribution in [0.15, 0.2) is 54.6 Å². The molecule has 0 fully saturated rings. The number of aromatic carboxylic acids is 1. The number of nitrogens with two attached hydrogens (primary N) is 4. The average Bonchev–Trinajstić information content (AvgIpc) is 2.62. The van der Waals surface area contributed by atoms with E-state index in [1.54, 1.807) is 48.5 Å². The topological polar surface area (TPSA) is 182 Å². The predicted octanol–water partition coefficient (Wildman–Crippen LogP) is 2.48. The highest BCUT2D eigenvalue weighted by atomic mass is 16.4. The summed E-state index contributed by atoms with van der Waals surface area (Å²) < 4.78 is 0. The highest BCUT2D eigenvalue weighted by Gasteiger charge is 2.08. The number of aromatic hydroxyl groups is 2. The molecule has 8 heteroatoms. The number of phenolic OH excluding ortho intramolecular Hbond substituents is 2. The van der Waals surface area contributed by atoms with Crippen LogP contribution in [-0.2, 0) is 0 Å². The zero-order valence-electron chi connectivity index (χ0n) is 14.3. The van der Waals surface area contributed by atoms with Gasteiger partial charge in [-0.3, -0.25) is 0 Å². The van der Waals surface area contributed by atoms with Crippen LogP contribution in [0.5, 0.6) is 11.5 Å². The van der Waals surface area contributed by atoms with E-state index in [-0.39, 0.29) is 22.7 Å². The molecule has 11 N–H and O–H groups in total. The zero-order valence-corrected chi connectivity index (χ0v) is 14.3. The quantitative estimate of drug-likeness (QED) is 0.266. The van der Waals surface area contributed by atoms with Crippen molar-refractivity contribution in [1.82, 2.24) is 0 Å². The molecule has 0 unspecified atom stereocenters. The van der Waals surface area contributed by atoms with E-state index in [9.17, 15) is 15.0 Å². The third-order valence-corrected chi connectivity index (χ3v) is 3.76. The number of rotatable bonds is 2. The summed E-state index contributed by atoms with van der Waals surface area (Å²) in [7, 11) is 0. The van der Waals surface area contributed by atoms with E-state index in [2.05, 4.69) is 0 Å². The summed E-state index contributed by atoms with van der Waals surface area (Å²) in [6.45, 7) is 0. The van der Waals surface area contributed by atoms with Crippen LogP contribution in [0.2, 0.25) is 0 Å².